The molecular weight excluding hydrogens is 793 g/mol. The van der Waals surface area contributed by atoms with Crippen LogP contribution in [0, 0.1) is 0 Å². The molecule has 0 N–H and O–H groups in total. The van der Waals surface area contributed by atoms with Crippen molar-refractivity contribution in [3.8, 4) is 27.9 Å². The van der Waals surface area contributed by atoms with Crippen LogP contribution in [0.1, 0.15) is 22.3 Å². The monoisotopic (exact) mass is 832 g/mol. The lowest BCUT2D eigenvalue weighted by atomic mass is 9.67. The Balaban J connectivity index is 1.04. The molecule has 0 fully saturated rings. The third-order valence-electron chi connectivity index (χ3n) is 13.5. The van der Waals surface area contributed by atoms with E-state index in [1.54, 1.807) is 0 Å². The largest absolute Gasteiger partial charge is 0.310 e. The molecule has 0 spiro atoms. The van der Waals surface area contributed by atoms with E-state index in [0.717, 1.165) is 22.7 Å². The second-order valence-electron chi connectivity index (χ2n) is 16.8. The van der Waals surface area contributed by atoms with E-state index < -0.39 is 5.41 Å². The number of thiophene rings is 1. The Hall–Kier alpha value is -7.98. The van der Waals surface area contributed by atoms with Crippen LogP contribution in [0.2, 0.25) is 0 Å². The molecule has 12 aromatic rings. The van der Waals surface area contributed by atoms with Gasteiger partial charge in [-0.05, 0) is 117 Å². The van der Waals surface area contributed by atoms with E-state index in [-0.39, 0.29) is 0 Å². The molecule has 2 heterocycles. The van der Waals surface area contributed by atoms with E-state index >= 15 is 0 Å². The molecular formula is C61H40N2S. The summed E-state index contributed by atoms with van der Waals surface area (Å²) in [7, 11) is 0. The molecule has 0 radical (unpaired) electrons. The van der Waals surface area contributed by atoms with Gasteiger partial charge in [0.25, 0.3) is 0 Å². The second-order valence-corrected chi connectivity index (χ2v) is 17.9. The predicted molar refractivity (Wildman–Crippen MR) is 271 cm³/mol. The molecule has 2 nitrogen and oxygen atoms in total. The molecule has 300 valence electrons. The highest BCUT2D eigenvalue weighted by atomic mass is 32.1. The maximum atomic E-state index is 2.48. The van der Waals surface area contributed by atoms with Crippen molar-refractivity contribution in [3.63, 3.8) is 0 Å². The van der Waals surface area contributed by atoms with Crippen LogP contribution >= 0.6 is 11.3 Å². The number of fused-ring (bicyclic) bond motifs is 9. The van der Waals surface area contributed by atoms with Crippen molar-refractivity contribution in [2.45, 2.75) is 5.41 Å². The fraction of sp³-hybridized carbons (Fsp3) is 0.0164. The Kier molecular flexibility index (Phi) is 8.34. The van der Waals surface area contributed by atoms with Gasteiger partial charge in [0.2, 0.25) is 0 Å². The average molecular weight is 833 g/mol. The van der Waals surface area contributed by atoms with Crippen LogP contribution in [-0.2, 0) is 5.41 Å². The molecule has 2 aromatic heterocycles. The van der Waals surface area contributed by atoms with Crippen LogP contribution in [0.5, 0.6) is 0 Å². The number of hydrogen-bond acceptors (Lipinski definition) is 2. The van der Waals surface area contributed by atoms with Crippen molar-refractivity contribution in [2.24, 2.45) is 0 Å². The third kappa shape index (κ3) is 5.44. The highest BCUT2D eigenvalue weighted by Gasteiger charge is 2.47. The molecule has 0 saturated carbocycles. The number of rotatable bonds is 7. The van der Waals surface area contributed by atoms with Crippen LogP contribution < -0.4 is 4.90 Å². The Morgan fingerprint density at radius 1 is 0.359 bits per heavy atom. The second kappa shape index (κ2) is 14.6. The van der Waals surface area contributed by atoms with Gasteiger partial charge in [-0.2, -0.15) is 0 Å². The lowest BCUT2D eigenvalue weighted by molar-refractivity contribution is 0.768. The first-order chi connectivity index (χ1) is 31.8. The topological polar surface area (TPSA) is 8.17 Å². The summed E-state index contributed by atoms with van der Waals surface area (Å²) in [6, 6.07) is 89.7. The van der Waals surface area contributed by atoms with Gasteiger partial charge in [-0.15, -0.1) is 11.3 Å². The summed E-state index contributed by atoms with van der Waals surface area (Å²) < 4.78 is 5.00. The summed E-state index contributed by atoms with van der Waals surface area (Å²) >= 11 is 1.86. The lowest BCUT2D eigenvalue weighted by Gasteiger charge is -2.35. The molecule has 1 aliphatic carbocycles. The highest BCUT2D eigenvalue weighted by Crippen LogP contribution is 2.59. The van der Waals surface area contributed by atoms with Gasteiger partial charge in [-0.25, -0.2) is 0 Å². The molecule has 1 aliphatic rings. The smallest absolute Gasteiger partial charge is 0.0714 e. The molecule has 3 heteroatoms. The van der Waals surface area contributed by atoms with Crippen molar-refractivity contribution in [2.75, 3.05) is 4.90 Å². The van der Waals surface area contributed by atoms with Crippen LogP contribution in [0.15, 0.2) is 243 Å². The first kappa shape index (κ1) is 36.7. The van der Waals surface area contributed by atoms with Crippen molar-refractivity contribution < 1.29 is 0 Å². The first-order valence-electron chi connectivity index (χ1n) is 22.0. The predicted octanol–water partition coefficient (Wildman–Crippen LogP) is 16.7. The minimum absolute atomic E-state index is 0.585. The maximum Gasteiger partial charge on any atom is 0.0714 e. The minimum Gasteiger partial charge on any atom is -0.310 e. The molecule has 0 atom stereocenters. The Morgan fingerprint density at radius 3 is 1.61 bits per heavy atom. The zero-order valence-corrected chi connectivity index (χ0v) is 35.7. The molecule has 13 rings (SSSR count). The van der Waals surface area contributed by atoms with Gasteiger partial charge >= 0.3 is 0 Å². The summed E-state index contributed by atoms with van der Waals surface area (Å²) in [6.45, 7) is 0. The van der Waals surface area contributed by atoms with E-state index in [1.807, 2.05) is 11.3 Å². The number of aromatic nitrogens is 1. The van der Waals surface area contributed by atoms with Gasteiger partial charge in [0.15, 0.2) is 0 Å². The Bertz CT molecular complexity index is 3620. The van der Waals surface area contributed by atoms with Gasteiger partial charge < -0.3 is 9.47 Å². The maximum absolute atomic E-state index is 2.48. The van der Waals surface area contributed by atoms with E-state index in [4.69, 9.17) is 0 Å². The third-order valence-corrected chi connectivity index (χ3v) is 14.6. The van der Waals surface area contributed by atoms with E-state index in [0.29, 0.717) is 0 Å². The summed E-state index contributed by atoms with van der Waals surface area (Å²) in [5, 5.41) is 5.11. The van der Waals surface area contributed by atoms with Crippen LogP contribution in [-0.4, -0.2) is 4.57 Å². The van der Waals surface area contributed by atoms with Gasteiger partial charge in [0.1, 0.15) is 0 Å². The van der Waals surface area contributed by atoms with Crippen LogP contribution in [0.4, 0.5) is 17.1 Å². The van der Waals surface area contributed by atoms with Gasteiger partial charge in [0, 0.05) is 53.7 Å². The molecule has 0 amide bonds. The Labute approximate surface area is 376 Å². The minimum atomic E-state index is -0.585. The van der Waals surface area contributed by atoms with Crippen molar-refractivity contribution >= 4 is 70.4 Å². The Morgan fingerprint density at radius 2 is 0.922 bits per heavy atom. The molecule has 0 saturated heterocycles. The molecule has 0 bridgehead atoms. The number of hydrogen-bond donors (Lipinski definition) is 0. The fourth-order valence-corrected chi connectivity index (χ4v) is 11.9. The summed E-state index contributed by atoms with van der Waals surface area (Å²) in [5.74, 6) is 0. The zero-order valence-electron chi connectivity index (χ0n) is 34.9. The average Bonchev–Trinajstić information content (AvgIpc) is 4.01. The normalized spacial score (nSPS) is 12.8. The van der Waals surface area contributed by atoms with Crippen molar-refractivity contribution in [1.82, 2.24) is 4.57 Å². The number of benzene rings is 10. The van der Waals surface area contributed by atoms with E-state index in [9.17, 15) is 0 Å². The standard InChI is InChI=1S/C61H40N2S/c1-4-17-42(18-5-1)61(43-19-6-2-7-20-43)54-27-16-26-48(41-31-33-45(34-32-41)63-56-28-13-10-23-49(56)50-24-11-14-29-57(50)63)60(54)52-37-35-47(40-55(52)61)62(44-21-8-3-9-22-44)46-36-38-59-53(39-46)51-25-12-15-30-58(51)64-59/h1-40H. The van der Waals surface area contributed by atoms with Gasteiger partial charge in [0.05, 0.1) is 16.4 Å². The number of anilines is 3. The molecule has 0 aliphatic heterocycles. The van der Waals surface area contributed by atoms with E-state index in [1.165, 1.54) is 86.5 Å². The molecule has 0 unspecified atom stereocenters. The summed E-state index contributed by atoms with van der Waals surface area (Å²) in [6.07, 6.45) is 0. The van der Waals surface area contributed by atoms with Gasteiger partial charge in [-0.1, -0.05) is 170 Å². The summed E-state index contributed by atoms with van der Waals surface area (Å²) in [5.41, 5.74) is 16.4. The highest BCUT2D eigenvalue weighted by molar-refractivity contribution is 7.25. The van der Waals surface area contributed by atoms with Gasteiger partial charge in [-0.3, -0.25) is 0 Å². The lowest BCUT2D eigenvalue weighted by Crippen LogP contribution is -2.28. The summed E-state index contributed by atoms with van der Waals surface area (Å²) in [4.78, 5) is 2.43. The quantitative estimate of drug-likeness (QED) is 0.155. The van der Waals surface area contributed by atoms with Crippen LogP contribution in [0.25, 0.3) is 69.9 Å². The molecule has 10 aromatic carbocycles. The fourth-order valence-electron chi connectivity index (χ4n) is 10.8. The van der Waals surface area contributed by atoms with Crippen molar-refractivity contribution in [1.29, 1.82) is 0 Å². The first-order valence-corrected chi connectivity index (χ1v) is 22.8. The molecule has 64 heavy (non-hydrogen) atoms. The number of nitrogens with zero attached hydrogens (tertiary/aromatic N) is 2. The van der Waals surface area contributed by atoms with E-state index in [2.05, 4.69) is 252 Å². The van der Waals surface area contributed by atoms with Crippen LogP contribution in [0.3, 0.4) is 0 Å². The SMILES string of the molecule is c1ccc(N(c2ccc3c(c2)C(c2ccccc2)(c2ccccc2)c2cccc(-c4ccc(-n5c6ccccc6c6ccccc65)cc4)c2-3)c2ccc3sc4ccccc4c3c2)cc1. The number of para-hydroxylation sites is 3. The van der Waals surface area contributed by atoms with Crippen molar-refractivity contribution in [3.05, 3.63) is 265 Å². The zero-order chi connectivity index (χ0) is 42.2.